The summed E-state index contributed by atoms with van der Waals surface area (Å²) in [5, 5.41) is 0. The van der Waals surface area contributed by atoms with Crippen LogP contribution in [0.25, 0.3) is 0 Å². The molecule has 0 bridgehead atoms. The molecule has 0 atom stereocenters. The number of hydrogen-bond acceptors (Lipinski definition) is 15. The van der Waals surface area contributed by atoms with E-state index in [-0.39, 0.29) is 44.8 Å². The molecule has 0 amide bonds. The molecule has 0 aromatic rings. The predicted molar refractivity (Wildman–Crippen MR) is 3.43 cm³/mol. The third-order valence-corrected chi connectivity index (χ3v) is 0. The Morgan fingerprint density at radius 3 is 0.318 bits per heavy atom. The van der Waals surface area contributed by atoms with Gasteiger partial charge in [0.2, 0.25) is 0 Å². The van der Waals surface area contributed by atoms with Crippen molar-refractivity contribution < 1.29 is 204 Å². The van der Waals surface area contributed by atoms with Crippen LogP contribution in [0.4, 0.5) is 0 Å². The molecule has 120 valence electrons. The second-order valence-electron chi connectivity index (χ2n) is 1.25. The fraction of sp³-hybridized carbons (Fsp3) is 0. The maximum absolute atomic E-state index is 8.61. The molecule has 0 rings (SSSR count). The Morgan fingerprint density at radius 1 is 0.318 bits per heavy atom. The molecule has 0 aliphatic carbocycles. The summed E-state index contributed by atoms with van der Waals surface area (Å²) in [4.78, 5) is 0. The van der Waals surface area contributed by atoms with Crippen molar-refractivity contribution in [2.24, 2.45) is 0 Å². The summed E-state index contributed by atoms with van der Waals surface area (Å²) >= 11 is -21.5. The van der Waals surface area contributed by atoms with Gasteiger partial charge >= 0.3 is 204 Å². The van der Waals surface area contributed by atoms with Gasteiger partial charge in [0, 0.05) is 0 Å². The van der Waals surface area contributed by atoms with Gasteiger partial charge in [-0.15, -0.1) is 0 Å². The standard InChI is InChI=1S/15O.2Ta.5Zr/q;;;;;10*-1;2*+5;;;;;. The van der Waals surface area contributed by atoms with E-state index in [9.17, 15) is 0 Å². The maximum Gasteiger partial charge on any atom is 5.00 e. The van der Waals surface area contributed by atoms with E-state index in [0.717, 1.165) is 0 Å². The molecule has 0 spiro atoms. The summed E-state index contributed by atoms with van der Waals surface area (Å²) in [6, 6.07) is 0. The first kappa shape index (κ1) is 45.3. The molecule has 0 heterocycles. The predicted octanol–water partition coefficient (Wildman–Crippen LogP) is -12.5. The summed E-state index contributed by atoms with van der Waals surface area (Å²) in [5.74, 6) is 0. The van der Waals surface area contributed by atoms with E-state index in [1.54, 1.807) is 0 Å². The van der Waals surface area contributed by atoms with Crippen LogP contribution in [0.5, 0.6) is 0 Å². The SMILES string of the molecule is [O]=[Zr]([O-])[O-].[O]=[Zr]([O-])[O-].[O]=[Zr]([O-])[O-].[O]=[Zr]([O-])[O-].[O]=[Zr]([O-])[O-].[Ta+5].[Ta+5]. The van der Waals surface area contributed by atoms with Gasteiger partial charge in [-0.25, -0.2) is 0 Å². The molecule has 0 aromatic carbocycles. The normalized spacial score (nSPS) is 5.91. The van der Waals surface area contributed by atoms with Crippen LogP contribution in [0, 0.1) is 0 Å². The Kier molecular flexibility index (Phi) is 82.9. The van der Waals surface area contributed by atoms with Crippen molar-refractivity contribution in [1.29, 1.82) is 0 Å². The van der Waals surface area contributed by atoms with Crippen LogP contribution in [0.2, 0.25) is 0 Å². The van der Waals surface area contributed by atoms with Gasteiger partial charge in [0.05, 0.1) is 0 Å². The van der Waals surface area contributed by atoms with Crippen LogP contribution in [0.15, 0.2) is 0 Å². The molecule has 0 fully saturated rings. The van der Waals surface area contributed by atoms with E-state index in [2.05, 4.69) is 0 Å². The summed E-state index contributed by atoms with van der Waals surface area (Å²) < 4.78 is 129. The number of hydrogen-bond donors (Lipinski definition) is 0. The van der Waals surface area contributed by atoms with Crippen LogP contribution in [-0.4, -0.2) is 0 Å². The van der Waals surface area contributed by atoms with E-state index in [1.807, 2.05) is 0 Å². The zero-order chi connectivity index (χ0) is 17.9. The molecule has 0 aliphatic rings. The minimum absolute atomic E-state index is 0. The van der Waals surface area contributed by atoms with Crippen molar-refractivity contribution in [3.63, 3.8) is 0 Å². The Morgan fingerprint density at radius 2 is 0.318 bits per heavy atom. The molecule has 0 saturated carbocycles. The third-order valence-electron chi connectivity index (χ3n) is 0. The van der Waals surface area contributed by atoms with Gasteiger partial charge < -0.3 is 0 Å². The third kappa shape index (κ3) is 669. The second-order valence-corrected chi connectivity index (χ2v) is 7.40. The monoisotopic (exact) mass is 1050 g/mol. The minimum Gasteiger partial charge on any atom is 5.00 e. The Bertz CT molecular complexity index is 211. The fourth-order valence-electron chi connectivity index (χ4n) is 0. The van der Waals surface area contributed by atoms with Gasteiger partial charge in [0.15, 0.2) is 0 Å². The first-order valence-electron chi connectivity index (χ1n) is 3.06. The average molecular weight is 1060 g/mol. The van der Waals surface area contributed by atoms with Crippen LogP contribution >= 0.6 is 0 Å². The Labute approximate surface area is 199 Å². The van der Waals surface area contributed by atoms with E-state index < -0.39 is 113 Å². The van der Waals surface area contributed by atoms with E-state index in [1.165, 1.54) is 0 Å². The molecular weight excluding hydrogens is 1060 g/mol. The van der Waals surface area contributed by atoms with Crippen LogP contribution in [0.3, 0.4) is 0 Å². The Hall–Kier alpha value is 4.50. The van der Waals surface area contributed by atoms with Crippen LogP contribution in [-0.2, 0) is 172 Å². The molecule has 0 N–H and O–H groups in total. The quantitative estimate of drug-likeness (QED) is 0.218. The summed E-state index contributed by atoms with van der Waals surface area (Å²) in [6.45, 7) is 0. The van der Waals surface area contributed by atoms with Crippen LogP contribution < -0.4 is 31.8 Å². The smallest absolute Gasteiger partial charge is 5.00 e. The van der Waals surface area contributed by atoms with Gasteiger partial charge in [0.1, 0.15) is 0 Å². The second kappa shape index (κ2) is 40.3. The molecule has 0 radical (unpaired) electrons. The molecule has 0 unspecified atom stereocenters. The molecule has 22 heteroatoms. The van der Waals surface area contributed by atoms with Gasteiger partial charge in [-0.2, -0.15) is 0 Å². The van der Waals surface area contributed by atoms with E-state index in [0.29, 0.717) is 0 Å². The zero-order valence-corrected chi connectivity index (χ0v) is 28.2. The van der Waals surface area contributed by atoms with Gasteiger partial charge in [0.25, 0.3) is 0 Å². The molecule has 0 saturated heterocycles. The summed E-state index contributed by atoms with van der Waals surface area (Å²) in [7, 11) is 0. The first-order chi connectivity index (χ1) is 8.66. The maximum atomic E-state index is 8.61. The van der Waals surface area contributed by atoms with Gasteiger partial charge in [-0.3, -0.25) is 0 Å². The van der Waals surface area contributed by atoms with Gasteiger partial charge in [-0.1, -0.05) is 0 Å². The molecule has 22 heavy (non-hydrogen) atoms. The van der Waals surface area contributed by atoms with Crippen molar-refractivity contribution in [3.05, 3.63) is 0 Å². The van der Waals surface area contributed by atoms with Crippen molar-refractivity contribution in [3.8, 4) is 0 Å². The van der Waals surface area contributed by atoms with Crippen molar-refractivity contribution >= 4 is 0 Å². The summed E-state index contributed by atoms with van der Waals surface area (Å²) in [5.41, 5.74) is 0. The fourth-order valence-corrected chi connectivity index (χ4v) is 0. The van der Waals surface area contributed by atoms with Crippen molar-refractivity contribution in [2.45, 2.75) is 0 Å². The molecule has 0 aromatic heterocycles. The van der Waals surface area contributed by atoms with Crippen LogP contribution in [0.1, 0.15) is 0 Å². The van der Waals surface area contributed by atoms with E-state index >= 15 is 0 Å². The van der Waals surface area contributed by atoms with Crippen molar-refractivity contribution in [2.75, 3.05) is 0 Å². The number of rotatable bonds is 0. The van der Waals surface area contributed by atoms with E-state index in [4.69, 9.17) is 45.9 Å². The molecular formula is O15Ta2Zr5. The average Bonchev–Trinajstić information content (AvgIpc) is 1.94. The van der Waals surface area contributed by atoms with Crippen molar-refractivity contribution in [1.82, 2.24) is 0 Å². The zero-order valence-electron chi connectivity index (χ0n) is 9.52. The largest absolute Gasteiger partial charge is 5.00 e. The topological polar surface area (TPSA) is 316 Å². The molecule has 15 nitrogen and oxygen atoms in total. The first-order valence-corrected chi connectivity index (χ1v) is 18.1. The minimum atomic E-state index is -4.29. The summed E-state index contributed by atoms with van der Waals surface area (Å²) in [6.07, 6.45) is 0. The molecule has 0 aliphatic heterocycles. The Balaban J connectivity index is -0.0000000250. The van der Waals surface area contributed by atoms with Gasteiger partial charge in [-0.05, 0) is 0 Å².